The molecule has 3 aromatic heterocycles. The van der Waals surface area contributed by atoms with Crippen molar-refractivity contribution in [3.05, 3.63) is 335 Å². The zero-order valence-corrected chi connectivity index (χ0v) is 76.0. The fraction of sp³-hybridized carbons (Fsp3) is 0.314. The first-order valence-corrected chi connectivity index (χ1v) is 46.7. The number of aryl methyl sites for hydroxylation is 3. The lowest BCUT2D eigenvalue weighted by molar-refractivity contribution is -0.139. The molecule has 15 rings (SSSR count). The highest BCUT2D eigenvalue weighted by Crippen LogP contribution is 2.58. The zero-order chi connectivity index (χ0) is 89.7. The van der Waals surface area contributed by atoms with Gasteiger partial charge in [-0.15, -0.1) is 0 Å². The van der Waals surface area contributed by atoms with Crippen LogP contribution in [-0.4, -0.2) is 99.3 Å². The van der Waals surface area contributed by atoms with Crippen molar-refractivity contribution in [1.82, 2.24) is 15.0 Å². The van der Waals surface area contributed by atoms with Crippen LogP contribution in [0.25, 0.3) is 69.2 Å². The predicted octanol–water partition coefficient (Wildman–Crippen LogP) is 26.7. The number of rotatable bonds is 36. The first-order chi connectivity index (χ1) is 60.1. The topological polar surface area (TPSA) is 211 Å². The Labute approximate surface area is 763 Å². The molecule has 4 unspecified atom stereocenters. The number of alkyl halides is 3. The quantitative estimate of drug-likeness (QED) is 0.0216. The molecule has 654 valence electrons. The normalized spacial score (nSPS) is 19.3. The molecule has 0 spiro atoms. The van der Waals surface area contributed by atoms with Gasteiger partial charge in [0, 0.05) is 80.5 Å². The number of benzene rings is 9. The highest BCUT2D eigenvalue weighted by atomic mass is 35.5. The summed E-state index contributed by atoms with van der Waals surface area (Å²) in [6, 6.07) is 77.5. The number of thioether (sulfide) groups is 3. The zero-order valence-electron chi connectivity index (χ0n) is 71.3. The summed E-state index contributed by atoms with van der Waals surface area (Å²) in [5, 5.41) is 65.4. The lowest BCUT2D eigenvalue weighted by Crippen LogP contribution is -2.18. The first kappa shape index (κ1) is 94.1. The van der Waals surface area contributed by atoms with Crippen molar-refractivity contribution in [2.45, 2.75) is 170 Å². The van der Waals surface area contributed by atoms with Crippen LogP contribution in [-0.2, 0) is 50.4 Å². The van der Waals surface area contributed by atoms with Gasteiger partial charge in [-0.3, -0.25) is 14.4 Å². The second-order valence-corrected chi connectivity index (χ2v) is 40.1. The van der Waals surface area contributed by atoms with Gasteiger partial charge in [-0.05, 0) is 239 Å². The van der Waals surface area contributed by atoms with E-state index in [9.17, 15) is 58.2 Å². The van der Waals surface area contributed by atoms with Crippen LogP contribution in [0.1, 0.15) is 199 Å². The molecule has 0 bridgehead atoms. The molecule has 0 amide bonds. The molecular formula is C105H105Cl3F3N3O9S3. The van der Waals surface area contributed by atoms with E-state index in [4.69, 9.17) is 49.8 Å². The van der Waals surface area contributed by atoms with Crippen molar-refractivity contribution in [1.29, 1.82) is 0 Å². The lowest BCUT2D eigenvalue weighted by atomic mass is 9.90. The van der Waals surface area contributed by atoms with Crippen LogP contribution in [0.2, 0.25) is 15.1 Å². The lowest BCUT2D eigenvalue weighted by Gasteiger charge is -2.24. The van der Waals surface area contributed by atoms with Crippen LogP contribution in [0, 0.1) is 16.2 Å². The minimum atomic E-state index is -1.07. The Morgan fingerprint density at radius 1 is 0.373 bits per heavy atom. The van der Waals surface area contributed by atoms with Gasteiger partial charge in [-0.2, -0.15) is 35.3 Å². The van der Waals surface area contributed by atoms with Crippen molar-refractivity contribution >= 4 is 157 Å². The molecule has 0 saturated heterocycles. The number of hydrogen-bond donors (Lipinski definition) is 6. The van der Waals surface area contributed by atoms with Crippen molar-refractivity contribution < 1.29 is 58.2 Å². The predicted molar refractivity (Wildman–Crippen MR) is 515 cm³/mol. The molecule has 3 heterocycles. The van der Waals surface area contributed by atoms with E-state index in [1.165, 1.54) is 0 Å². The highest BCUT2D eigenvalue weighted by molar-refractivity contribution is 8.00. The Morgan fingerprint density at radius 2 is 0.627 bits per heavy atom. The molecule has 3 aliphatic rings. The van der Waals surface area contributed by atoms with E-state index in [-0.39, 0.29) is 35.0 Å². The Balaban J connectivity index is 0.000000162. The molecule has 3 aliphatic carbocycles. The number of carbonyl (C=O) groups is 3. The van der Waals surface area contributed by atoms with Crippen molar-refractivity contribution in [2.75, 3.05) is 17.3 Å². The Bertz CT molecular complexity index is 5420. The van der Waals surface area contributed by atoms with Crippen LogP contribution < -0.4 is 0 Å². The van der Waals surface area contributed by atoms with Gasteiger partial charge >= 0.3 is 17.9 Å². The standard InChI is InChI=1S/3C35H35ClFNO3S/c3*1-34(2,41)29-9-4-3-7-24(29)13-17-31(42-22-35(20-32(35)37)21-33(39)40)26-8-5-6-23(18-26)10-15-28-16-12-25-11-14-27(36)19-30(25)38-28/h3*3-12,14-16,18-19,31-32,41H,13,17,20-22H2,1-2H3,(H,39,40)/b3*15-10+/t31-,32?,35?;2*31-,32+,35?/m010/s1. The Hall–Kier alpha value is -9.57. The summed E-state index contributed by atoms with van der Waals surface area (Å²) in [4.78, 5) is 48.5. The fourth-order valence-corrected chi connectivity index (χ4v) is 21.6. The van der Waals surface area contributed by atoms with Gasteiger partial charge < -0.3 is 30.6 Å². The number of aliphatic carboxylic acids is 3. The van der Waals surface area contributed by atoms with Gasteiger partial charge in [0.25, 0.3) is 0 Å². The van der Waals surface area contributed by atoms with E-state index >= 15 is 0 Å². The summed E-state index contributed by atoms with van der Waals surface area (Å²) in [6.45, 7) is 10.7. The van der Waals surface area contributed by atoms with Gasteiger partial charge in [0.2, 0.25) is 0 Å². The maximum atomic E-state index is 14.4. The maximum Gasteiger partial charge on any atom is 0.304 e. The van der Waals surface area contributed by atoms with Crippen LogP contribution in [0.3, 0.4) is 0 Å². The van der Waals surface area contributed by atoms with Gasteiger partial charge in [0.15, 0.2) is 0 Å². The molecule has 0 radical (unpaired) electrons. The molecule has 12 nitrogen and oxygen atoms in total. The van der Waals surface area contributed by atoms with Gasteiger partial charge in [-0.25, -0.2) is 28.1 Å². The maximum absolute atomic E-state index is 14.4. The summed E-state index contributed by atoms with van der Waals surface area (Å²) >= 11 is 23.4. The van der Waals surface area contributed by atoms with Crippen LogP contribution in [0.15, 0.2) is 237 Å². The number of aliphatic hydroxyl groups is 3. The van der Waals surface area contributed by atoms with Crippen molar-refractivity contribution in [3.8, 4) is 0 Å². The molecule has 126 heavy (non-hydrogen) atoms. The van der Waals surface area contributed by atoms with E-state index in [2.05, 4.69) is 36.4 Å². The number of pyridine rings is 3. The molecular weight excluding hydrogens is 1710 g/mol. The van der Waals surface area contributed by atoms with Gasteiger partial charge in [-0.1, -0.05) is 235 Å². The summed E-state index contributed by atoms with van der Waals surface area (Å²) in [7, 11) is 0. The second-order valence-electron chi connectivity index (χ2n) is 35.2. The number of fused-ring (bicyclic) bond motifs is 3. The number of halogens is 6. The third-order valence-corrected chi connectivity index (χ3v) is 29.4. The third kappa shape index (κ3) is 25.7. The molecule has 12 aromatic rings. The fourth-order valence-electron chi connectivity index (χ4n) is 16.4. The van der Waals surface area contributed by atoms with E-state index in [0.29, 0.717) is 51.6 Å². The largest absolute Gasteiger partial charge is 0.481 e. The number of aromatic nitrogens is 3. The number of nitrogens with zero attached hydrogens (tertiary/aromatic N) is 3. The van der Waals surface area contributed by atoms with E-state index in [1.807, 2.05) is 237 Å². The molecule has 3 fully saturated rings. The van der Waals surface area contributed by atoms with Crippen LogP contribution in [0.5, 0.6) is 0 Å². The monoisotopic (exact) mass is 1810 g/mol. The van der Waals surface area contributed by atoms with E-state index < -0.39 is 69.5 Å². The molecule has 9 aromatic carbocycles. The molecule has 0 aliphatic heterocycles. The van der Waals surface area contributed by atoms with Crippen molar-refractivity contribution in [2.24, 2.45) is 16.2 Å². The van der Waals surface area contributed by atoms with Crippen LogP contribution in [0.4, 0.5) is 13.2 Å². The third-order valence-electron chi connectivity index (χ3n) is 23.8. The number of hydrogen-bond acceptors (Lipinski definition) is 12. The highest BCUT2D eigenvalue weighted by Gasteiger charge is 2.58. The summed E-state index contributed by atoms with van der Waals surface area (Å²) in [5.41, 5.74) is 11.9. The second kappa shape index (κ2) is 41.2. The van der Waals surface area contributed by atoms with E-state index in [1.54, 1.807) is 76.8 Å². The average Bonchev–Trinajstić information content (AvgIpc) is 1.62. The van der Waals surface area contributed by atoms with E-state index in [0.717, 1.165) is 155 Å². The summed E-state index contributed by atoms with van der Waals surface area (Å²) in [6.07, 6.45) is 13.7. The molecule has 9 atom stereocenters. The molecule has 6 N–H and O–H groups in total. The van der Waals surface area contributed by atoms with Crippen molar-refractivity contribution in [3.63, 3.8) is 0 Å². The number of carboxylic acid groups (broad SMARTS) is 3. The average molecular weight is 1810 g/mol. The summed E-state index contributed by atoms with van der Waals surface area (Å²) in [5.74, 6) is -1.53. The van der Waals surface area contributed by atoms with Gasteiger partial charge in [0.05, 0.1) is 69.7 Å². The summed E-state index contributed by atoms with van der Waals surface area (Å²) < 4.78 is 43.2. The smallest absolute Gasteiger partial charge is 0.304 e. The molecule has 21 heteroatoms. The Morgan fingerprint density at radius 3 is 0.873 bits per heavy atom. The Kier molecular flexibility index (Phi) is 30.8. The van der Waals surface area contributed by atoms with Crippen LogP contribution >= 0.6 is 70.1 Å². The molecule has 3 saturated carbocycles. The SMILES string of the molecule is CC(C)(O)c1ccccc1CC[C@@H](SCC1(CC(=O)O)C[C@@H]1F)c1cccc(/C=C/c2ccc3ccc(Cl)cc3n2)c1.CC(C)(O)c1ccccc1CC[C@H](SCC1(CC(=O)O)CC1F)c1cccc(/C=C/c2ccc3ccc(Cl)cc3n2)c1.CC(C)(O)c1ccccc1CC[C@H](SCC1(CC(=O)O)C[C@H]1F)c1cccc(/C=C/c2ccc3ccc(Cl)cc3n2)c1. The first-order valence-electron chi connectivity index (χ1n) is 42.4. The minimum absolute atomic E-state index is 0.0209. The van der Waals surface area contributed by atoms with Gasteiger partial charge in [0.1, 0.15) is 18.5 Å². The number of carboxylic acids is 3. The minimum Gasteiger partial charge on any atom is -0.481 e.